The highest BCUT2D eigenvalue weighted by molar-refractivity contribution is 5.89. The number of ether oxygens (including phenoxy) is 4. The second-order valence-corrected chi connectivity index (χ2v) is 15.1. The summed E-state index contributed by atoms with van der Waals surface area (Å²) in [6.45, 7) is 2.84. The van der Waals surface area contributed by atoms with Crippen molar-refractivity contribution in [3.05, 3.63) is 131 Å². The lowest BCUT2D eigenvalue weighted by molar-refractivity contribution is -0.134. The molecule has 4 aromatic carbocycles. The van der Waals surface area contributed by atoms with Crippen LogP contribution in [-0.2, 0) is 19.9 Å². The van der Waals surface area contributed by atoms with Crippen LogP contribution in [0.1, 0.15) is 130 Å². The first-order chi connectivity index (χ1) is 27.5. The van der Waals surface area contributed by atoms with E-state index in [4.69, 9.17) is 18.9 Å². The molecule has 1 aliphatic rings. The molecule has 1 amide bonds. The van der Waals surface area contributed by atoms with E-state index < -0.39 is 11.7 Å². The van der Waals surface area contributed by atoms with Crippen molar-refractivity contribution in [3.8, 4) is 11.5 Å². The first-order valence-electron chi connectivity index (χ1n) is 21.0. The molecule has 300 valence electrons. The molecule has 5 rings (SSSR count). The highest BCUT2D eigenvalue weighted by Crippen LogP contribution is 2.42. The summed E-state index contributed by atoms with van der Waals surface area (Å²) >= 11 is 0. The zero-order chi connectivity index (χ0) is 39.4. The van der Waals surface area contributed by atoms with Crippen LogP contribution in [-0.4, -0.2) is 56.3 Å². The highest BCUT2D eigenvalue weighted by atomic mass is 16.5. The quantitative estimate of drug-likeness (QED) is 0.0402. The molecule has 1 fully saturated rings. The van der Waals surface area contributed by atoms with Crippen LogP contribution in [0, 0.1) is 0 Å². The first-order valence-corrected chi connectivity index (χ1v) is 21.0. The molecule has 1 heterocycles. The fourth-order valence-corrected chi connectivity index (χ4v) is 7.95. The third kappa shape index (κ3) is 11.9. The van der Waals surface area contributed by atoms with E-state index in [2.05, 4.69) is 19.1 Å². The molecular weight excluding hydrogens is 699 g/mol. The van der Waals surface area contributed by atoms with Gasteiger partial charge in [-0.25, -0.2) is 4.79 Å². The molecule has 2 atom stereocenters. The van der Waals surface area contributed by atoms with Gasteiger partial charge >= 0.3 is 5.97 Å². The predicted molar refractivity (Wildman–Crippen MR) is 224 cm³/mol. The number of unbranched alkanes of at least 4 members (excludes halogenated alkanes) is 12. The second kappa shape index (κ2) is 22.8. The van der Waals surface area contributed by atoms with Crippen molar-refractivity contribution >= 4 is 11.9 Å². The van der Waals surface area contributed by atoms with Crippen LogP contribution >= 0.6 is 0 Å². The van der Waals surface area contributed by atoms with Gasteiger partial charge in [0, 0.05) is 12.8 Å². The van der Waals surface area contributed by atoms with E-state index >= 15 is 0 Å². The Morgan fingerprint density at radius 1 is 0.607 bits per heavy atom. The van der Waals surface area contributed by atoms with E-state index in [1.807, 2.05) is 89.8 Å². The van der Waals surface area contributed by atoms with Crippen molar-refractivity contribution in [1.29, 1.82) is 0 Å². The summed E-state index contributed by atoms with van der Waals surface area (Å²) in [6, 6.07) is 34.8. The number of benzene rings is 4. The number of methoxy groups -OCH3 is 2. The molecule has 0 N–H and O–H groups in total. The number of esters is 1. The van der Waals surface area contributed by atoms with E-state index in [9.17, 15) is 9.59 Å². The molecular formula is C49H63NO6. The number of hydrogen-bond acceptors (Lipinski definition) is 6. The summed E-state index contributed by atoms with van der Waals surface area (Å²) in [5.74, 6) is 1.19. The normalized spacial score (nSPS) is 15.4. The Balaban J connectivity index is 1.30. The topological polar surface area (TPSA) is 74.3 Å². The number of amides is 1. The van der Waals surface area contributed by atoms with Gasteiger partial charge < -0.3 is 23.8 Å². The maximum absolute atomic E-state index is 14.0. The molecule has 7 heteroatoms. The minimum atomic E-state index is -1.03. The molecule has 0 aromatic heterocycles. The molecule has 0 saturated carbocycles. The number of hydrogen-bond donors (Lipinski definition) is 0. The minimum Gasteiger partial charge on any atom is -0.497 e. The van der Waals surface area contributed by atoms with Crippen LogP contribution in [0.4, 0.5) is 0 Å². The zero-order valence-corrected chi connectivity index (χ0v) is 34.0. The third-order valence-corrected chi connectivity index (χ3v) is 11.1. The summed E-state index contributed by atoms with van der Waals surface area (Å²) in [5.41, 5.74) is 2.26. The molecule has 0 radical (unpaired) electrons. The van der Waals surface area contributed by atoms with Gasteiger partial charge in [-0.2, -0.15) is 0 Å². The van der Waals surface area contributed by atoms with E-state index in [1.165, 1.54) is 64.2 Å². The standard InChI is InChI=1S/C49H63NO6/c1-4-5-6-7-8-9-10-11-12-13-14-15-22-27-47(51)50-37-46(56-48(52)39-23-18-16-19-24-39)36-43(50)38-55-49(40-25-20-17-21-26-40,41-28-32-44(53-2)33-29-41)42-30-34-45(54-3)35-31-42/h16-21,23-26,28-35,43,46H,4-15,22,27,36-38H2,1-3H3/t43-,46+/m0/s1. The van der Waals surface area contributed by atoms with Crippen LogP contribution in [0.15, 0.2) is 109 Å². The zero-order valence-electron chi connectivity index (χ0n) is 34.0. The number of rotatable bonds is 24. The summed E-state index contributed by atoms with van der Waals surface area (Å²) in [7, 11) is 3.31. The van der Waals surface area contributed by atoms with Gasteiger partial charge in [-0.3, -0.25) is 4.79 Å². The fraction of sp³-hybridized carbons (Fsp3) is 0.469. The van der Waals surface area contributed by atoms with Crippen molar-refractivity contribution in [2.45, 2.75) is 121 Å². The van der Waals surface area contributed by atoms with Crippen LogP contribution in [0.3, 0.4) is 0 Å². The molecule has 56 heavy (non-hydrogen) atoms. The minimum absolute atomic E-state index is 0.0825. The lowest BCUT2D eigenvalue weighted by atomic mass is 9.80. The maximum Gasteiger partial charge on any atom is 0.338 e. The summed E-state index contributed by atoms with van der Waals surface area (Å²) in [4.78, 5) is 29.1. The van der Waals surface area contributed by atoms with Crippen LogP contribution < -0.4 is 9.47 Å². The van der Waals surface area contributed by atoms with Gasteiger partial charge in [-0.15, -0.1) is 0 Å². The van der Waals surface area contributed by atoms with Crippen molar-refractivity contribution in [3.63, 3.8) is 0 Å². The summed E-state index contributed by atoms with van der Waals surface area (Å²) < 4.78 is 24.3. The third-order valence-electron chi connectivity index (χ3n) is 11.1. The molecule has 1 aliphatic heterocycles. The van der Waals surface area contributed by atoms with Crippen molar-refractivity contribution in [2.75, 3.05) is 27.4 Å². The Bertz CT molecular complexity index is 1660. The fourth-order valence-electron chi connectivity index (χ4n) is 7.95. The molecule has 0 unspecified atom stereocenters. The molecule has 7 nitrogen and oxygen atoms in total. The molecule has 1 saturated heterocycles. The van der Waals surface area contributed by atoms with Gasteiger partial charge in [0.1, 0.15) is 23.2 Å². The number of carbonyl (C=O) groups excluding carboxylic acids is 2. The predicted octanol–water partition coefficient (Wildman–Crippen LogP) is 11.3. The van der Waals surface area contributed by atoms with Gasteiger partial charge in [0.15, 0.2) is 0 Å². The Morgan fingerprint density at radius 3 is 1.57 bits per heavy atom. The Kier molecular flexibility index (Phi) is 17.3. The molecule has 0 spiro atoms. The number of carbonyl (C=O) groups is 2. The average molecular weight is 762 g/mol. The number of likely N-dealkylation sites (tertiary alicyclic amines) is 1. The van der Waals surface area contributed by atoms with E-state index in [0.29, 0.717) is 24.9 Å². The second-order valence-electron chi connectivity index (χ2n) is 15.1. The summed E-state index contributed by atoms with van der Waals surface area (Å²) in [6.07, 6.45) is 16.8. The Labute approximate surface area is 335 Å². The van der Waals surface area contributed by atoms with Crippen LogP contribution in [0.5, 0.6) is 11.5 Å². The first kappa shape index (κ1) is 42.5. The highest BCUT2D eigenvalue weighted by Gasteiger charge is 2.42. The van der Waals surface area contributed by atoms with Crippen molar-refractivity contribution < 1.29 is 28.5 Å². The van der Waals surface area contributed by atoms with Crippen molar-refractivity contribution in [2.24, 2.45) is 0 Å². The van der Waals surface area contributed by atoms with E-state index in [0.717, 1.165) is 47.5 Å². The Hall–Kier alpha value is -4.62. The van der Waals surface area contributed by atoms with E-state index in [1.54, 1.807) is 26.4 Å². The van der Waals surface area contributed by atoms with Gasteiger partial charge in [0.2, 0.25) is 5.91 Å². The van der Waals surface area contributed by atoms with Gasteiger partial charge in [0.05, 0.1) is 39.0 Å². The maximum atomic E-state index is 14.0. The monoisotopic (exact) mass is 761 g/mol. The van der Waals surface area contributed by atoms with E-state index in [-0.39, 0.29) is 24.5 Å². The van der Waals surface area contributed by atoms with Gasteiger partial charge in [0.25, 0.3) is 0 Å². The largest absolute Gasteiger partial charge is 0.497 e. The van der Waals surface area contributed by atoms with Crippen molar-refractivity contribution in [1.82, 2.24) is 4.90 Å². The van der Waals surface area contributed by atoms with Gasteiger partial charge in [-0.1, -0.05) is 157 Å². The lowest BCUT2D eigenvalue weighted by Gasteiger charge is -2.38. The van der Waals surface area contributed by atoms with Crippen LogP contribution in [0.25, 0.3) is 0 Å². The number of nitrogens with zero attached hydrogens (tertiary/aromatic N) is 1. The SMILES string of the molecule is CCCCCCCCCCCCCCCC(=O)N1C[C@H](OC(=O)c2ccccc2)C[C@H]1COC(c1ccccc1)(c1ccc(OC)cc1)c1ccc(OC)cc1. The molecule has 4 aromatic rings. The van der Waals surface area contributed by atoms with Gasteiger partial charge in [-0.05, 0) is 59.5 Å². The molecule has 0 bridgehead atoms. The molecule has 0 aliphatic carbocycles. The smallest absolute Gasteiger partial charge is 0.338 e. The Morgan fingerprint density at radius 2 is 1.07 bits per heavy atom. The van der Waals surface area contributed by atoms with Crippen LogP contribution in [0.2, 0.25) is 0 Å². The lowest BCUT2D eigenvalue weighted by Crippen LogP contribution is -2.42. The average Bonchev–Trinajstić information content (AvgIpc) is 3.66. The summed E-state index contributed by atoms with van der Waals surface area (Å²) in [5, 5.41) is 0.